The summed E-state index contributed by atoms with van der Waals surface area (Å²) in [5, 5.41) is 4.04. The number of hydrogen-bond acceptors (Lipinski definition) is 6. The Bertz CT molecular complexity index is 926. The molecular weight excluding hydrogens is 268 g/mol. The Hall–Kier alpha value is -3.09. The van der Waals surface area contributed by atoms with Crippen molar-refractivity contribution < 1.29 is 4.52 Å². The van der Waals surface area contributed by atoms with Gasteiger partial charge in [0.2, 0.25) is 5.82 Å². The fraction of sp³-hybridized carbons (Fsp3) is 0.0714. The van der Waals surface area contributed by atoms with E-state index in [-0.39, 0.29) is 0 Å². The molecule has 0 spiro atoms. The van der Waals surface area contributed by atoms with Crippen molar-refractivity contribution in [3.8, 4) is 23.0 Å². The van der Waals surface area contributed by atoms with Gasteiger partial charge >= 0.3 is 0 Å². The first-order chi connectivity index (χ1) is 10.3. The smallest absolute Gasteiger partial charge is 0.258 e. The van der Waals surface area contributed by atoms with Crippen LogP contribution in [-0.4, -0.2) is 29.5 Å². The van der Waals surface area contributed by atoms with Crippen molar-refractivity contribution in [3.05, 3.63) is 48.8 Å². The summed E-state index contributed by atoms with van der Waals surface area (Å²) in [5.41, 5.74) is 3.35. The minimum absolute atomic E-state index is 0.467. The van der Waals surface area contributed by atoms with Crippen molar-refractivity contribution in [2.24, 2.45) is 0 Å². The van der Waals surface area contributed by atoms with Gasteiger partial charge < -0.3 is 4.52 Å². The summed E-state index contributed by atoms with van der Waals surface area (Å²) >= 11 is 0. The lowest BCUT2D eigenvalue weighted by Gasteiger charge is -1.97. The van der Waals surface area contributed by atoms with Crippen molar-refractivity contribution in [1.29, 1.82) is 0 Å². The Morgan fingerprint density at radius 3 is 2.90 bits per heavy atom. The fourth-order valence-corrected chi connectivity index (χ4v) is 2.16. The van der Waals surface area contributed by atoms with Crippen LogP contribution in [0.2, 0.25) is 0 Å². The van der Waals surface area contributed by atoms with Crippen LogP contribution in [0.15, 0.2) is 47.8 Å². The van der Waals surface area contributed by atoms with Crippen LogP contribution in [0.1, 0.15) is 5.56 Å². The van der Waals surface area contributed by atoms with Crippen molar-refractivity contribution in [2.45, 2.75) is 6.92 Å². The highest BCUT2D eigenvalue weighted by Crippen LogP contribution is 2.24. The standard InChI is InChI=1S/C14H10N6O/c1-9-6-15-3-2-10(9)14-18-13(19-21-14)11-7-17-12-8-16-4-5-20(11)12/h2-8H,1H3. The molecule has 0 unspecified atom stereocenters. The van der Waals surface area contributed by atoms with Gasteiger partial charge in [-0.05, 0) is 18.6 Å². The molecule has 0 bridgehead atoms. The van der Waals surface area contributed by atoms with E-state index in [0.717, 1.165) is 22.5 Å². The number of rotatable bonds is 2. The van der Waals surface area contributed by atoms with Crippen molar-refractivity contribution in [3.63, 3.8) is 0 Å². The van der Waals surface area contributed by atoms with Gasteiger partial charge in [-0.2, -0.15) is 4.98 Å². The van der Waals surface area contributed by atoms with E-state index in [1.165, 1.54) is 0 Å². The molecule has 0 N–H and O–H groups in total. The highest BCUT2D eigenvalue weighted by atomic mass is 16.5. The van der Waals surface area contributed by atoms with E-state index >= 15 is 0 Å². The second-order valence-electron chi connectivity index (χ2n) is 4.56. The zero-order valence-electron chi connectivity index (χ0n) is 11.1. The average Bonchev–Trinajstić information content (AvgIpc) is 3.14. The molecule has 4 aromatic heterocycles. The molecule has 0 atom stereocenters. The van der Waals surface area contributed by atoms with E-state index in [0.29, 0.717) is 11.7 Å². The molecule has 0 amide bonds. The molecule has 0 fully saturated rings. The largest absolute Gasteiger partial charge is 0.334 e. The fourth-order valence-electron chi connectivity index (χ4n) is 2.16. The molecule has 0 aliphatic heterocycles. The quantitative estimate of drug-likeness (QED) is 0.558. The zero-order valence-corrected chi connectivity index (χ0v) is 11.1. The predicted octanol–water partition coefficient (Wildman–Crippen LogP) is 2.15. The maximum absolute atomic E-state index is 5.36. The van der Waals surface area contributed by atoms with Gasteiger partial charge in [-0.3, -0.25) is 14.4 Å². The van der Waals surface area contributed by atoms with E-state index < -0.39 is 0 Å². The minimum atomic E-state index is 0.467. The number of aromatic nitrogens is 6. The zero-order chi connectivity index (χ0) is 14.2. The molecule has 0 saturated heterocycles. The molecule has 7 heteroatoms. The van der Waals surface area contributed by atoms with Crippen LogP contribution < -0.4 is 0 Å². The molecule has 21 heavy (non-hydrogen) atoms. The van der Waals surface area contributed by atoms with Crippen LogP contribution in [0.3, 0.4) is 0 Å². The number of pyridine rings is 1. The Labute approximate surface area is 119 Å². The molecule has 0 aliphatic carbocycles. The van der Waals surface area contributed by atoms with E-state index in [1.54, 1.807) is 31.0 Å². The van der Waals surface area contributed by atoms with Crippen LogP contribution in [0, 0.1) is 6.92 Å². The molecule has 102 valence electrons. The molecule has 0 radical (unpaired) electrons. The van der Waals surface area contributed by atoms with Gasteiger partial charge in [0.05, 0.1) is 12.4 Å². The SMILES string of the molecule is Cc1cnccc1-c1nc(-c2cnc3cnccn23)no1. The Morgan fingerprint density at radius 2 is 2.00 bits per heavy atom. The second-order valence-corrected chi connectivity index (χ2v) is 4.56. The van der Waals surface area contributed by atoms with E-state index in [4.69, 9.17) is 4.52 Å². The minimum Gasteiger partial charge on any atom is -0.334 e. The van der Waals surface area contributed by atoms with Crippen LogP contribution in [0.5, 0.6) is 0 Å². The molecule has 7 nitrogen and oxygen atoms in total. The van der Waals surface area contributed by atoms with Crippen LogP contribution in [-0.2, 0) is 0 Å². The van der Waals surface area contributed by atoms with E-state index in [2.05, 4.69) is 25.1 Å². The third-order valence-corrected chi connectivity index (χ3v) is 3.22. The number of hydrogen-bond donors (Lipinski definition) is 0. The maximum atomic E-state index is 5.36. The topological polar surface area (TPSA) is 82.0 Å². The molecular formula is C14H10N6O. The monoisotopic (exact) mass is 278 g/mol. The number of nitrogens with zero attached hydrogens (tertiary/aromatic N) is 6. The summed E-state index contributed by atoms with van der Waals surface area (Å²) in [5.74, 6) is 0.953. The van der Waals surface area contributed by atoms with E-state index in [1.807, 2.05) is 23.6 Å². The molecule has 4 aromatic rings. The number of fused-ring (bicyclic) bond motifs is 1. The normalized spacial score (nSPS) is 11.1. The maximum Gasteiger partial charge on any atom is 0.258 e. The number of aryl methyl sites for hydroxylation is 1. The average molecular weight is 278 g/mol. The lowest BCUT2D eigenvalue weighted by atomic mass is 10.1. The van der Waals surface area contributed by atoms with Gasteiger partial charge in [-0.15, -0.1) is 0 Å². The first-order valence-corrected chi connectivity index (χ1v) is 6.35. The Kier molecular flexibility index (Phi) is 2.50. The summed E-state index contributed by atoms with van der Waals surface area (Å²) in [7, 11) is 0. The van der Waals surface area contributed by atoms with Crippen LogP contribution >= 0.6 is 0 Å². The first kappa shape index (κ1) is 11.7. The predicted molar refractivity (Wildman–Crippen MR) is 74.2 cm³/mol. The Morgan fingerprint density at radius 1 is 1.10 bits per heavy atom. The van der Waals surface area contributed by atoms with Crippen LogP contribution in [0.4, 0.5) is 0 Å². The van der Waals surface area contributed by atoms with Gasteiger partial charge in [0, 0.05) is 30.4 Å². The molecule has 0 aromatic carbocycles. The third kappa shape index (κ3) is 1.86. The van der Waals surface area contributed by atoms with Gasteiger partial charge in [0.15, 0.2) is 5.65 Å². The van der Waals surface area contributed by atoms with Gasteiger partial charge in [-0.25, -0.2) is 4.98 Å². The molecule has 0 aliphatic rings. The van der Waals surface area contributed by atoms with Crippen molar-refractivity contribution >= 4 is 5.65 Å². The first-order valence-electron chi connectivity index (χ1n) is 6.35. The summed E-state index contributed by atoms with van der Waals surface area (Å²) in [6, 6.07) is 1.85. The van der Waals surface area contributed by atoms with Gasteiger partial charge in [0.1, 0.15) is 5.69 Å². The summed E-state index contributed by atoms with van der Waals surface area (Å²) < 4.78 is 7.22. The summed E-state index contributed by atoms with van der Waals surface area (Å²) in [4.78, 5) is 16.8. The van der Waals surface area contributed by atoms with Crippen LogP contribution in [0.25, 0.3) is 28.6 Å². The molecule has 4 rings (SSSR count). The molecule has 4 heterocycles. The van der Waals surface area contributed by atoms with Gasteiger partial charge in [-0.1, -0.05) is 5.16 Å². The highest BCUT2D eigenvalue weighted by molar-refractivity contribution is 5.61. The number of imidazole rings is 1. The van der Waals surface area contributed by atoms with E-state index in [9.17, 15) is 0 Å². The van der Waals surface area contributed by atoms with Crippen molar-refractivity contribution in [1.82, 2.24) is 29.5 Å². The third-order valence-electron chi connectivity index (χ3n) is 3.22. The summed E-state index contributed by atoms with van der Waals surface area (Å²) in [6.07, 6.45) is 10.3. The second kappa shape index (κ2) is 4.48. The lowest BCUT2D eigenvalue weighted by molar-refractivity contribution is 0.432. The highest BCUT2D eigenvalue weighted by Gasteiger charge is 2.15. The van der Waals surface area contributed by atoms with Crippen molar-refractivity contribution in [2.75, 3.05) is 0 Å². The molecule has 0 saturated carbocycles. The Balaban J connectivity index is 1.83. The van der Waals surface area contributed by atoms with Gasteiger partial charge in [0.25, 0.3) is 5.89 Å². The summed E-state index contributed by atoms with van der Waals surface area (Å²) in [6.45, 7) is 1.95. The lowest BCUT2D eigenvalue weighted by Crippen LogP contribution is -1.90.